The Labute approximate surface area is 251 Å². The molecule has 0 spiro atoms. The van der Waals surface area contributed by atoms with E-state index in [4.69, 9.17) is 14.5 Å². The molecular formula is C30H31BrF2N6O3. The summed E-state index contributed by atoms with van der Waals surface area (Å²) in [5.74, 6) is -0.0831. The molecule has 0 bridgehead atoms. The molecular weight excluding hydrogens is 610 g/mol. The predicted molar refractivity (Wildman–Crippen MR) is 155 cm³/mol. The number of fused-ring (bicyclic) bond motifs is 2. The van der Waals surface area contributed by atoms with E-state index >= 15 is 4.39 Å². The maximum absolute atomic E-state index is 15.3. The lowest BCUT2D eigenvalue weighted by atomic mass is 9.95. The van der Waals surface area contributed by atoms with Crippen molar-refractivity contribution in [2.24, 2.45) is 0 Å². The number of hydrogen-bond acceptors (Lipinski definition) is 8. The number of halogens is 3. The van der Waals surface area contributed by atoms with Crippen LogP contribution in [0.15, 0.2) is 46.9 Å². The molecule has 3 aromatic rings. The molecule has 220 valence electrons. The first kappa shape index (κ1) is 28.6. The highest BCUT2D eigenvalue weighted by Gasteiger charge is 2.49. The largest absolute Gasteiger partial charge is 0.461 e. The number of hydrogen-bond donors (Lipinski definition) is 0. The Bertz CT molecular complexity index is 1510. The number of nitriles is 1. The lowest BCUT2D eigenvalue weighted by molar-refractivity contribution is 0.0768. The SMILES string of the molecule is N#CC[C@H]1CN(c2nc(OC[C@@]34CCCN3C[C@H](F)C4)nc3c(F)c(Br)ccc23)CCN1C(=O)OCc1ccccc1. The highest BCUT2D eigenvalue weighted by atomic mass is 79.9. The molecule has 0 unspecified atom stereocenters. The Morgan fingerprint density at radius 1 is 1.14 bits per heavy atom. The summed E-state index contributed by atoms with van der Waals surface area (Å²) in [4.78, 5) is 27.8. The number of aromatic nitrogens is 2. The van der Waals surface area contributed by atoms with E-state index in [1.165, 1.54) is 0 Å². The van der Waals surface area contributed by atoms with E-state index in [0.717, 1.165) is 24.9 Å². The maximum atomic E-state index is 15.3. The second kappa shape index (κ2) is 12.0. The van der Waals surface area contributed by atoms with Crippen molar-refractivity contribution in [2.45, 2.75) is 50.0 Å². The van der Waals surface area contributed by atoms with Crippen molar-refractivity contribution < 1.29 is 23.0 Å². The fourth-order valence-electron chi connectivity index (χ4n) is 6.42. The van der Waals surface area contributed by atoms with Crippen LogP contribution in [0.25, 0.3) is 10.9 Å². The Morgan fingerprint density at radius 3 is 2.79 bits per heavy atom. The van der Waals surface area contributed by atoms with Gasteiger partial charge in [0.15, 0.2) is 5.82 Å². The van der Waals surface area contributed by atoms with Crippen molar-refractivity contribution >= 4 is 38.7 Å². The van der Waals surface area contributed by atoms with Gasteiger partial charge >= 0.3 is 12.1 Å². The topological polar surface area (TPSA) is 94.8 Å². The summed E-state index contributed by atoms with van der Waals surface area (Å²) in [6.45, 7) is 2.53. The van der Waals surface area contributed by atoms with Gasteiger partial charge in [0.2, 0.25) is 0 Å². The summed E-state index contributed by atoms with van der Waals surface area (Å²) in [6.07, 6.45) is 0.889. The maximum Gasteiger partial charge on any atom is 0.410 e. The van der Waals surface area contributed by atoms with Gasteiger partial charge in [-0.15, -0.1) is 0 Å². The Kier molecular flexibility index (Phi) is 8.14. The number of rotatable bonds is 7. The van der Waals surface area contributed by atoms with Gasteiger partial charge < -0.3 is 19.3 Å². The first-order chi connectivity index (χ1) is 20.4. The summed E-state index contributed by atoms with van der Waals surface area (Å²) in [6, 6.07) is 14.5. The molecule has 9 nitrogen and oxygen atoms in total. The van der Waals surface area contributed by atoms with Crippen LogP contribution >= 0.6 is 15.9 Å². The number of amides is 1. The van der Waals surface area contributed by atoms with Crippen LogP contribution in [0.4, 0.5) is 19.4 Å². The van der Waals surface area contributed by atoms with Crippen LogP contribution in [-0.4, -0.2) is 82.9 Å². The third-order valence-corrected chi connectivity index (χ3v) is 9.11. The van der Waals surface area contributed by atoms with Crippen LogP contribution in [0.2, 0.25) is 0 Å². The van der Waals surface area contributed by atoms with Gasteiger partial charge in [0, 0.05) is 38.0 Å². The number of anilines is 1. The van der Waals surface area contributed by atoms with Crippen LogP contribution in [-0.2, 0) is 11.3 Å². The van der Waals surface area contributed by atoms with Gasteiger partial charge in [-0.25, -0.2) is 13.6 Å². The van der Waals surface area contributed by atoms with Gasteiger partial charge in [-0.3, -0.25) is 4.90 Å². The fourth-order valence-corrected chi connectivity index (χ4v) is 6.74. The van der Waals surface area contributed by atoms with Gasteiger partial charge in [-0.2, -0.15) is 15.2 Å². The molecule has 4 heterocycles. The standard InChI is InChI=1S/C30H31BrF2N6O3/c31-24-8-7-23-26(25(24)33)35-28(42-19-30-10-4-12-38(30)16-21(32)15-30)36-27(23)37-13-14-39(22(17-37)9-11-34)29(40)41-18-20-5-2-1-3-6-20/h1-3,5-8,21-22H,4,9-10,12-19H2/t21-,22+,30+/m1/s1. The average Bonchev–Trinajstić information content (AvgIpc) is 3.53. The van der Waals surface area contributed by atoms with Gasteiger partial charge in [0.25, 0.3) is 0 Å². The minimum atomic E-state index is -0.900. The number of alkyl halides is 1. The average molecular weight is 642 g/mol. The zero-order valence-corrected chi connectivity index (χ0v) is 24.6. The second-order valence-electron chi connectivity index (χ2n) is 11.1. The molecule has 12 heteroatoms. The molecule has 3 atom stereocenters. The summed E-state index contributed by atoms with van der Waals surface area (Å²) >= 11 is 3.25. The second-order valence-corrected chi connectivity index (χ2v) is 12.0. The zero-order chi connectivity index (χ0) is 29.3. The van der Waals surface area contributed by atoms with E-state index < -0.39 is 29.7 Å². The van der Waals surface area contributed by atoms with Crippen molar-refractivity contribution in [2.75, 3.05) is 44.2 Å². The Hall–Kier alpha value is -3.56. The molecule has 1 amide bonds. The molecule has 0 aliphatic carbocycles. The zero-order valence-electron chi connectivity index (χ0n) is 23.0. The van der Waals surface area contributed by atoms with Crippen molar-refractivity contribution in [1.29, 1.82) is 5.26 Å². The Morgan fingerprint density at radius 2 is 1.98 bits per heavy atom. The van der Waals surface area contributed by atoms with E-state index in [-0.39, 0.29) is 42.2 Å². The molecule has 3 saturated heterocycles. The summed E-state index contributed by atoms with van der Waals surface area (Å²) in [5, 5.41) is 10.0. The van der Waals surface area contributed by atoms with Gasteiger partial charge in [-0.05, 0) is 53.0 Å². The van der Waals surface area contributed by atoms with Crippen LogP contribution in [0, 0.1) is 17.1 Å². The van der Waals surface area contributed by atoms with Gasteiger partial charge in [0.1, 0.15) is 30.7 Å². The minimum Gasteiger partial charge on any atom is -0.461 e. The van der Waals surface area contributed by atoms with E-state index in [9.17, 15) is 14.4 Å². The molecule has 0 N–H and O–H groups in total. The third kappa shape index (κ3) is 5.60. The molecule has 3 aliphatic rings. The quantitative estimate of drug-likeness (QED) is 0.347. The highest BCUT2D eigenvalue weighted by Crippen LogP contribution is 2.40. The van der Waals surface area contributed by atoms with Gasteiger partial charge in [-0.1, -0.05) is 30.3 Å². The molecule has 42 heavy (non-hydrogen) atoms. The number of carbonyl (C=O) groups excluding carboxylic acids is 1. The number of ether oxygens (including phenoxy) is 2. The molecule has 6 rings (SSSR count). The van der Waals surface area contributed by atoms with Crippen LogP contribution in [0.1, 0.15) is 31.2 Å². The van der Waals surface area contributed by atoms with E-state index in [1.54, 1.807) is 17.0 Å². The van der Waals surface area contributed by atoms with Crippen molar-refractivity contribution in [3.05, 3.63) is 58.3 Å². The number of nitrogens with zero attached hydrogens (tertiary/aromatic N) is 6. The smallest absolute Gasteiger partial charge is 0.410 e. The number of piperazine rings is 1. The summed E-state index contributed by atoms with van der Waals surface area (Å²) < 4.78 is 41.6. The van der Waals surface area contributed by atoms with E-state index in [2.05, 4.69) is 31.9 Å². The van der Waals surface area contributed by atoms with Gasteiger partial charge in [0.05, 0.1) is 28.5 Å². The fraction of sp³-hybridized carbons (Fsp3) is 0.467. The first-order valence-corrected chi connectivity index (χ1v) is 14.9. The minimum absolute atomic E-state index is 0.0135. The molecule has 0 radical (unpaired) electrons. The van der Waals surface area contributed by atoms with Crippen molar-refractivity contribution in [3.63, 3.8) is 0 Å². The number of carbonyl (C=O) groups is 1. The molecule has 2 aromatic carbocycles. The predicted octanol–water partition coefficient (Wildman–Crippen LogP) is 5.23. The first-order valence-electron chi connectivity index (χ1n) is 14.1. The lowest BCUT2D eigenvalue weighted by Crippen LogP contribution is -2.55. The van der Waals surface area contributed by atoms with E-state index in [0.29, 0.717) is 37.3 Å². The van der Waals surface area contributed by atoms with Crippen molar-refractivity contribution in [3.8, 4) is 12.1 Å². The summed E-state index contributed by atoms with van der Waals surface area (Å²) in [5.41, 5.74) is 0.563. The highest BCUT2D eigenvalue weighted by molar-refractivity contribution is 9.10. The summed E-state index contributed by atoms with van der Waals surface area (Å²) in [7, 11) is 0. The lowest BCUT2D eigenvalue weighted by Gasteiger charge is -2.40. The van der Waals surface area contributed by atoms with Crippen molar-refractivity contribution in [1.82, 2.24) is 19.8 Å². The monoisotopic (exact) mass is 640 g/mol. The molecule has 0 saturated carbocycles. The van der Waals surface area contributed by atoms with Crippen LogP contribution in [0.3, 0.4) is 0 Å². The van der Waals surface area contributed by atoms with E-state index in [1.807, 2.05) is 35.2 Å². The third-order valence-electron chi connectivity index (χ3n) is 8.50. The number of benzene rings is 2. The Balaban J connectivity index is 1.24. The van der Waals surface area contributed by atoms with Crippen LogP contribution < -0.4 is 9.64 Å². The molecule has 3 aliphatic heterocycles. The molecule has 3 fully saturated rings. The molecule has 1 aromatic heterocycles. The normalized spacial score (nSPS) is 24.0. The van der Waals surface area contributed by atoms with Crippen LogP contribution in [0.5, 0.6) is 6.01 Å².